The molecule has 0 heterocycles. The minimum atomic E-state index is -0.865. The highest BCUT2D eigenvalue weighted by atomic mass is 16.5. The van der Waals surface area contributed by atoms with Crippen molar-refractivity contribution in [3.05, 3.63) is 36.5 Å². The minimum Gasteiger partial charge on any atom is -0.466 e. The molecule has 0 spiro atoms. The molecule has 0 rings (SSSR count). The second kappa shape index (κ2) is 57.7. The summed E-state index contributed by atoms with van der Waals surface area (Å²) in [7, 11) is 0. The van der Waals surface area contributed by atoms with E-state index in [0.29, 0.717) is 19.4 Å². The molecule has 3 N–H and O–H groups in total. The summed E-state index contributed by atoms with van der Waals surface area (Å²) in [5, 5.41) is 23.2. The highest BCUT2D eigenvalue weighted by Crippen LogP contribution is 2.17. The van der Waals surface area contributed by atoms with Crippen molar-refractivity contribution in [1.29, 1.82) is 0 Å². The molecule has 0 aliphatic rings. The lowest BCUT2D eigenvalue weighted by atomic mass is 10.0. The predicted molar refractivity (Wildman–Crippen MR) is 296 cm³/mol. The van der Waals surface area contributed by atoms with Crippen LogP contribution in [0.5, 0.6) is 0 Å². The van der Waals surface area contributed by atoms with Gasteiger partial charge in [-0.25, -0.2) is 0 Å². The predicted octanol–water partition coefficient (Wildman–Crippen LogP) is 18.8. The molecule has 0 aliphatic carbocycles. The summed E-state index contributed by atoms with van der Waals surface area (Å²) in [5.41, 5.74) is 0. The Morgan fingerprint density at radius 2 is 0.691 bits per heavy atom. The fraction of sp³-hybridized carbons (Fsp3) is 0.871. The molecule has 0 aliphatic heterocycles. The summed E-state index contributed by atoms with van der Waals surface area (Å²) in [6.07, 6.45) is 71.8. The number of aliphatic hydroxyl groups is 2. The van der Waals surface area contributed by atoms with Gasteiger partial charge in [0.1, 0.15) is 0 Å². The van der Waals surface area contributed by atoms with Crippen LogP contribution in [-0.4, -0.2) is 47.4 Å². The quantitative estimate of drug-likeness (QED) is 0.0321. The standard InChI is InChI=1S/C62H117NO5/c1-3-5-7-9-11-13-15-17-19-21-22-23-24-25-26-27-28-29-31-34-38-42-46-50-54-60(65)59(58-64)63-61(66)55-51-47-43-39-35-33-37-41-45-49-53-57-68-62(67)56-52-48-44-40-36-32-30-20-18-16-14-12-10-8-6-4-2/h20,30,37,41,50,54,59-60,64-65H,3-19,21-29,31-36,38-40,42-49,51-53,55-58H2,1-2H3,(H,63,66)/b30-20-,41-37-,54-50+. The molecule has 0 aromatic carbocycles. The highest BCUT2D eigenvalue weighted by Gasteiger charge is 2.18. The Morgan fingerprint density at radius 3 is 1.04 bits per heavy atom. The van der Waals surface area contributed by atoms with E-state index in [-0.39, 0.29) is 18.5 Å². The zero-order valence-electron chi connectivity index (χ0n) is 45.6. The van der Waals surface area contributed by atoms with E-state index in [0.717, 1.165) is 83.5 Å². The van der Waals surface area contributed by atoms with Gasteiger partial charge in [-0.05, 0) is 83.5 Å². The van der Waals surface area contributed by atoms with Crippen molar-refractivity contribution in [3.8, 4) is 0 Å². The zero-order chi connectivity index (χ0) is 49.3. The number of unbranched alkanes of at least 4 members (excludes halogenated alkanes) is 41. The number of amides is 1. The number of hydrogen-bond donors (Lipinski definition) is 3. The van der Waals surface area contributed by atoms with Crippen LogP contribution in [0.4, 0.5) is 0 Å². The molecule has 0 fully saturated rings. The number of carbonyl (C=O) groups is 2. The smallest absolute Gasteiger partial charge is 0.305 e. The number of carbonyl (C=O) groups excluding carboxylic acids is 2. The van der Waals surface area contributed by atoms with Crippen LogP contribution in [0.1, 0.15) is 322 Å². The fourth-order valence-corrected chi connectivity index (χ4v) is 9.21. The largest absolute Gasteiger partial charge is 0.466 e. The third-order valence-electron chi connectivity index (χ3n) is 13.9. The van der Waals surface area contributed by atoms with Gasteiger partial charge in [-0.15, -0.1) is 0 Å². The maximum Gasteiger partial charge on any atom is 0.305 e. The van der Waals surface area contributed by atoms with E-state index in [1.54, 1.807) is 6.08 Å². The lowest BCUT2D eigenvalue weighted by molar-refractivity contribution is -0.143. The van der Waals surface area contributed by atoms with E-state index >= 15 is 0 Å². The van der Waals surface area contributed by atoms with Gasteiger partial charge < -0.3 is 20.3 Å². The third kappa shape index (κ3) is 53.4. The highest BCUT2D eigenvalue weighted by molar-refractivity contribution is 5.76. The number of hydrogen-bond acceptors (Lipinski definition) is 5. The van der Waals surface area contributed by atoms with Gasteiger partial charge >= 0.3 is 5.97 Å². The number of esters is 1. The second-order valence-electron chi connectivity index (χ2n) is 20.7. The molecule has 1 amide bonds. The van der Waals surface area contributed by atoms with Crippen molar-refractivity contribution >= 4 is 11.9 Å². The molecular weight excluding hydrogens is 839 g/mol. The molecule has 400 valence electrons. The Bertz CT molecular complexity index is 1100. The van der Waals surface area contributed by atoms with Crippen LogP contribution in [0.25, 0.3) is 0 Å². The Morgan fingerprint density at radius 1 is 0.397 bits per heavy atom. The van der Waals surface area contributed by atoms with Crippen molar-refractivity contribution in [2.24, 2.45) is 0 Å². The Kier molecular flexibility index (Phi) is 56.0. The summed E-state index contributed by atoms with van der Waals surface area (Å²) in [5.74, 6) is -0.135. The van der Waals surface area contributed by atoms with E-state index in [1.165, 1.54) is 212 Å². The van der Waals surface area contributed by atoms with Gasteiger partial charge in [0.15, 0.2) is 0 Å². The summed E-state index contributed by atoms with van der Waals surface area (Å²) in [6, 6.07) is -0.651. The normalized spacial score (nSPS) is 12.8. The van der Waals surface area contributed by atoms with Crippen LogP contribution in [0, 0.1) is 0 Å². The van der Waals surface area contributed by atoms with Crippen molar-refractivity contribution < 1.29 is 24.5 Å². The first-order valence-corrected chi connectivity index (χ1v) is 30.3. The number of nitrogens with one attached hydrogen (secondary N) is 1. The average molecular weight is 957 g/mol. The SMILES string of the molecule is CCCCCCCCC/C=C\CCCCCCCC(=O)OCCCC/C=C\CCCCCCCC(=O)NC(CO)C(O)/C=C/CCCCCCCCCCCCCCCCCCCCCCCC. The van der Waals surface area contributed by atoms with Gasteiger partial charge in [0, 0.05) is 12.8 Å². The average Bonchev–Trinajstić information content (AvgIpc) is 3.34. The number of aliphatic hydroxyl groups excluding tert-OH is 2. The monoisotopic (exact) mass is 956 g/mol. The van der Waals surface area contributed by atoms with Crippen LogP contribution in [-0.2, 0) is 14.3 Å². The number of allylic oxidation sites excluding steroid dienone is 5. The van der Waals surface area contributed by atoms with E-state index in [4.69, 9.17) is 4.74 Å². The van der Waals surface area contributed by atoms with Crippen LogP contribution in [0.2, 0.25) is 0 Å². The van der Waals surface area contributed by atoms with Crippen LogP contribution < -0.4 is 5.32 Å². The Balaban J connectivity index is 3.53. The van der Waals surface area contributed by atoms with E-state index < -0.39 is 12.1 Å². The van der Waals surface area contributed by atoms with Crippen molar-refractivity contribution in [2.45, 2.75) is 334 Å². The topological polar surface area (TPSA) is 95.9 Å². The van der Waals surface area contributed by atoms with Gasteiger partial charge in [-0.3, -0.25) is 9.59 Å². The lowest BCUT2D eigenvalue weighted by Gasteiger charge is -2.20. The maximum absolute atomic E-state index is 12.5. The lowest BCUT2D eigenvalue weighted by Crippen LogP contribution is -2.45. The molecule has 2 atom stereocenters. The van der Waals surface area contributed by atoms with E-state index in [9.17, 15) is 19.8 Å². The molecule has 2 unspecified atom stereocenters. The summed E-state index contributed by atoms with van der Waals surface area (Å²) in [4.78, 5) is 24.5. The first-order valence-electron chi connectivity index (χ1n) is 30.3. The van der Waals surface area contributed by atoms with Crippen molar-refractivity contribution in [3.63, 3.8) is 0 Å². The molecule has 0 aromatic heterocycles. The number of rotatable bonds is 56. The van der Waals surface area contributed by atoms with Gasteiger partial charge in [-0.2, -0.15) is 0 Å². The molecule has 6 nitrogen and oxygen atoms in total. The molecule has 0 radical (unpaired) electrons. The van der Waals surface area contributed by atoms with Crippen LogP contribution in [0.15, 0.2) is 36.5 Å². The zero-order valence-corrected chi connectivity index (χ0v) is 45.6. The van der Waals surface area contributed by atoms with Gasteiger partial charge in [0.05, 0.1) is 25.4 Å². The summed E-state index contributed by atoms with van der Waals surface area (Å²) in [6.45, 7) is 4.84. The summed E-state index contributed by atoms with van der Waals surface area (Å²) >= 11 is 0. The molecule has 0 saturated heterocycles. The van der Waals surface area contributed by atoms with Crippen molar-refractivity contribution in [2.75, 3.05) is 13.2 Å². The first kappa shape index (κ1) is 66.1. The summed E-state index contributed by atoms with van der Waals surface area (Å²) < 4.78 is 5.44. The molecule has 0 bridgehead atoms. The van der Waals surface area contributed by atoms with Gasteiger partial charge in [0.25, 0.3) is 0 Å². The Hall–Kier alpha value is -1.92. The van der Waals surface area contributed by atoms with Gasteiger partial charge in [0.2, 0.25) is 5.91 Å². The third-order valence-corrected chi connectivity index (χ3v) is 13.9. The maximum atomic E-state index is 12.5. The molecule has 68 heavy (non-hydrogen) atoms. The first-order chi connectivity index (χ1) is 33.5. The van der Waals surface area contributed by atoms with Crippen LogP contribution in [0.3, 0.4) is 0 Å². The van der Waals surface area contributed by atoms with Crippen LogP contribution >= 0.6 is 0 Å². The molecule has 0 aromatic rings. The molecule has 0 saturated carbocycles. The minimum absolute atomic E-state index is 0.0399. The van der Waals surface area contributed by atoms with E-state index in [2.05, 4.69) is 43.5 Å². The Labute approximate surface area is 424 Å². The fourth-order valence-electron chi connectivity index (χ4n) is 9.21. The second-order valence-corrected chi connectivity index (χ2v) is 20.7. The molecular formula is C62H117NO5. The van der Waals surface area contributed by atoms with E-state index in [1.807, 2.05) is 6.08 Å². The van der Waals surface area contributed by atoms with Gasteiger partial charge in [-0.1, -0.05) is 262 Å². The molecule has 6 heteroatoms. The van der Waals surface area contributed by atoms with Crippen molar-refractivity contribution in [1.82, 2.24) is 5.32 Å². The number of ether oxygens (including phenoxy) is 1.